The second kappa shape index (κ2) is 7.98. The lowest BCUT2D eigenvalue weighted by Crippen LogP contribution is -2.35. The Hall–Kier alpha value is -1.60. The van der Waals surface area contributed by atoms with E-state index in [-0.39, 0.29) is 11.8 Å². The molecule has 0 fully saturated rings. The summed E-state index contributed by atoms with van der Waals surface area (Å²) in [6.45, 7) is 6.11. The van der Waals surface area contributed by atoms with Crippen molar-refractivity contribution in [1.29, 1.82) is 0 Å². The van der Waals surface area contributed by atoms with Gasteiger partial charge in [-0.2, -0.15) is 0 Å². The summed E-state index contributed by atoms with van der Waals surface area (Å²) < 4.78 is 2.08. The molecule has 2 aromatic rings. The number of nitrogens with one attached hydrogen (secondary N) is 2. The Morgan fingerprint density at radius 2 is 2.04 bits per heavy atom. The third-order valence-corrected chi connectivity index (χ3v) is 5.38. The molecule has 0 aliphatic rings. The number of rotatable bonds is 6. The molecule has 0 saturated heterocycles. The fraction of sp³-hybridized carbons (Fsp3) is 0.471. The first-order valence-electron chi connectivity index (χ1n) is 7.82. The number of carbonyl (C=O) groups is 2. The maximum atomic E-state index is 12.0. The van der Waals surface area contributed by atoms with Gasteiger partial charge in [0.15, 0.2) is 4.34 Å². The lowest BCUT2D eigenvalue weighted by molar-refractivity contribution is -0.128. The predicted molar refractivity (Wildman–Crippen MR) is 102 cm³/mol. The van der Waals surface area contributed by atoms with E-state index in [1.165, 1.54) is 0 Å². The Morgan fingerprint density at radius 1 is 1.29 bits per heavy atom. The van der Waals surface area contributed by atoms with Crippen LogP contribution in [0.2, 0.25) is 0 Å². The van der Waals surface area contributed by atoms with Crippen LogP contribution in [0.1, 0.15) is 33.6 Å². The summed E-state index contributed by atoms with van der Waals surface area (Å²) in [7, 11) is 0. The predicted octanol–water partition coefficient (Wildman–Crippen LogP) is 3.90. The number of aromatic nitrogens is 1. The van der Waals surface area contributed by atoms with Crippen LogP contribution >= 0.6 is 23.1 Å². The summed E-state index contributed by atoms with van der Waals surface area (Å²) in [6, 6.07) is 5.74. The first-order valence-corrected chi connectivity index (χ1v) is 9.86. The van der Waals surface area contributed by atoms with E-state index in [2.05, 4.69) is 15.6 Å². The van der Waals surface area contributed by atoms with Gasteiger partial charge in [0.2, 0.25) is 11.8 Å². The number of fused-ring (bicyclic) bond motifs is 1. The molecule has 2 amide bonds. The van der Waals surface area contributed by atoms with Crippen molar-refractivity contribution in [2.24, 2.45) is 5.41 Å². The first kappa shape index (κ1) is 18.7. The summed E-state index contributed by atoms with van der Waals surface area (Å²) in [5, 5.41) is 5.75. The minimum absolute atomic E-state index is 0.00292. The molecular weight excluding hydrogens is 342 g/mol. The molecule has 0 spiro atoms. The van der Waals surface area contributed by atoms with Crippen LogP contribution < -0.4 is 10.6 Å². The van der Waals surface area contributed by atoms with Crippen LogP contribution in [0.4, 0.5) is 5.69 Å². The van der Waals surface area contributed by atoms with Gasteiger partial charge in [0.1, 0.15) is 0 Å². The average Bonchev–Trinajstić information content (AvgIpc) is 2.92. The van der Waals surface area contributed by atoms with Crippen molar-refractivity contribution in [1.82, 2.24) is 10.3 Å². The van der Waals surface area contributed by atoms with E-state index in [1.807, 2.05) is 45.2 Å². The van der Waals surface area contributed by atoms with Crippen molar-refractivity contribution < 1.29 is 9.59 Å². The van der Waals surface area contributed by atoms with Gasteiger partial charge in [0, 0.05) is 24.1 Å². The van der Waals surface area contributed by atoms with Crippen molar-refractivity contribution in [3.63, 3.8) is 0 Å². The van der Waals surface area contributed by atoms with Crippen molar-refractivity contribution in [3.8, 4) is 0 Å². The number of hydrogen-bond acceptors (Lipinski definition) is 5. The molecule has 24 heavy (non-hydrogen) atoms. The van der Waals surface area contributed by atoms with Gasteiger partial charge in [-0.05, 0) is 30.9 Å². The van der Waals surface area contributed by atoms with Gasteiger partial charge in [-0.3, -0.25) is 9.59 Å². The number of thiazole rings is 1. The smallest absolute Gasteiger partial charge is 0.225 e. The van der Waals surface area contributed by atoms with E-state index in [0.29, 0.717) is 19.4 Å². The zero-order valence-corrected chi connectivity index (χ0v) is 16.1. The van der Waals surface area contributed by atoms with Gasteiger partial charge in [-0.1, -0.05) is 32.5 Å². The van der Waals surface area contributed by atoms with Gasteiger partial charge < -0.3 is 10.6 Å². The fourth-order valence-electron chi connectivity index (χ4n) is 2.01. The van der Waals surface area contributed by atoms with Gasteiger partial charge in [0.05, 0.1) is 10.2 Å². The van der Waals surface area contributed by atoms with Gasteiger partial charge >= 0.3 is 0 Å². The molecule has 0 radical (unpaired) electrons. The number of amides is 2. The Kier molecular flexibility index (Phi) is 6.23. The zero-order chi connectivity index (χ0) is 17.7. The number of hydrogen-bond donors (Lipinski definition) is 2. The number of benzene rings is 1. The Labute approximate surface area is 150 Å². The highest BCUT2D eigenvalue weighted by Crippen LogP contribution is 2.29. The molecule has 0 saturated carbocycles. The number of thioether (sulfide) groups is 1. The van der Waals surface area contributed by atoms with Crippen LogP contribution in [0.3, 0.4) is 0 Å². The molecule has 0 atom stereocenters. The van der Waals surface area contributed by atoms with Crippen molar-refractivity contribution in [2.75, 3.05) is 18.1 Å². The quantitative estimate of drug-likeness (QED) is 0.602. The summed E-state index contributed by atoms with van der Waals surface area (Å²) in [5.41, 5.74) is 1.33. The summed E-state index contributed by atoms with van der Waals surface area (Å²) in [4.78, 5) is 28.2. The van der Waals surface area contributed by atoms with Crippen molar-refractivity contribution >= 4 is 50.8 Å². The Bertz CT molecular complexity index is 735. The van der Waals surface area contributed by atoms with Crippen LogP contribution in [-0.4, -0.2) is 29.6 Å². The minimum Gasteiger partial charge on any atom is -0.356 e. The van der Waals surface area contributed by atoms with E-state index in [1.54, 1.807) is 23.1 Å². The third kappa shape index (κ3) is 5.21. The van der Waals surface area contributed by atoms with E-state index in [9.17, 15) is 9.59 Å². The Balaban J connectivity index is 1.81. The van der Waals surface area contributed by atoms with E-state index in [0.717, 1.165) is 20.2 Å². The first-order chi connectivity index (χ1) is 11.3. The molecule has 0 bridgehead atoms. The SMILES string of the molecule is CSc1nc2ccc(NC(=O)CCCNC(=O)C(C)(C)C)cc2s1. The lowest BCUT2D eigenvalue weighted by atomic mass is 9.96. The molecule has 1 aromatic heterocycles. The minimum atomic E-state index is -0.401. The van der Waals surface area contributed by atoms with E-state index < -0.39 is 5.41 Å². The Morgan fingerprint density at radius 3 is 2.71 bits per heavy atom. The van der Waals surface area contributed by atoms with Gasteiger partial charge in [0.25, 0.3) is 0 Å². The average molecular weight is 366 g/mol. The highest BCUT2D eigenvalue weighted by Gasteiger charge is 2.20. The second-order valence-electron chi connectivity index (χ2n) is 6.52. The molecule has 7 heteroatoms. The van der Waals surface area contributed by atoms with Crippen molar-refractivity contribution in [2.45, 2.75) is 38.0 Å². The van der Waals surface area contributed by atoms with Gasteiger partial charge in [-0.15, -0.1) is 11.3 Å². The summed E-state index contributed by atoms with van der Waals surface area (Å²) in [6.07, 6.45) is 2.99. The lowest BCUT2D eigenvalue weighted by Gasteiger charge is -2.17. The normalized spacial score (nSPS) is 11.5. The molecule has 2 N–H and O–H groups in total. The fourth-order valence-corrected chi connectivity index (χ4v) is 3.54. The monoisotopic (exact) mass is 365 g/mol. The zero-order valence-electron chi connectivity index (χ0n) is 14.4. The summed E-state index contributed by atoms with van der Waals surface area (Å²) in [5.74, 6) is -0.0443. The topological polar surface area (TPSA) is 71.1 Å². The van der Waals surface area contributed by atoms with Crippen LogP contribution in [0.25, 0.3) is 10.2 Å². The second-order valence-corrected chi connectivity index (χ2v) is 8.61. The molecular formula is C17H23N3O2S2. The molecule has 0 unspecified atom stereocenters. The van der Waals surface area contributed by atoms with Crippen LogP contribution in [0.15, 0.2) is 22.5 Å². The highest BCUT2D eigenvalue weighted by molar-refractivity contribution is 8.00. The molecule has 0 aliphatic carbocycles. The van der Waals surface area contributed by atoms with E-state index in [4.69, 9.17) is 0 Å². The molecule has 130 valence electrons. The molecule has 0 aliphatic heterocycles. The highest BCUT2D eigenvalue weighted by atomic mass is 32.2. The molecule has 5 nitrogen and oxygen atoms in total. The van der Waals surface area contributed by atoms with E-state index >= 15 is 0 Å². The number of nitrogens with zero attached hydrogens (tertiary/aromatic N) is 1. The number of anilines is 1. The molecule has 2 rings (SSSR count). The van der Waals surface area contributed by atoms with Crippen LogP contribution in [-0.2, 0) is 9.59 Å². The maximum absolute atomic E-state index is 12.0. The third-order valence-electron chi connectivity index (χ3n) is 3.37. The molecule has 1 heterocycles. The molecule has 1 aromatic carbocycles. The largest absolute Gasteiger partial charge is 0.356 e. The van der Waals surface area contributed by atoms with Crippen LogP contribution in [0, 0.1) is 5.41 Å². The van der Waals surface area contributed by atoms with Crippen LogP contribution in [0.5, 0.6) is 0 Å². The summed E-state index contributed by atoms with van der Waals surface area (Å²) >= 11 is 3.24. The number of carbonyl (C=O) groups excluding carboxylic acids is 2. The maximum Gasteiger partial charge on any atom is 0.225 e. The van der Waals surface area contributed by atoms with Crippen molar-refractivity contribution in [3.05, 3.63) is 18.2 Å². The standard InChI is InChI=1S/C17H23N3O2S2/c1-17(2,3)15(22)18-9-5-6-14(21)19-11-7-8-12-13(10-11)24-16(20-12)23-4/h7-8,10H,5-6,9H2,1-4H3,(H,18,22)(H,19,21). The van der Waals surface area contributed by atoms with Gasteiger partial charge in [-0.25, -0.2) is 4.98 Å².